The Morgan fingerprint density at radius 3 is 1.38 bits per heavy atom. The molecule has 0 atom stereocenters. The summed E-state index contributed by atoms with van der Waals surface area (Å²) in [5.41, 5.74) is 10.3. The molecule has 144 valence electrons. The van der Waals surface area contributed by atoms with E-state index in [4.69, 9.17) is 4.98 Å². The zero-order chi connectivity index (χ0) is 20.4. The smallest absolute Gasteiger partial charge is 0.0715 e. The fourth-order valence-corrected chi connectivity index (χ4v) is 3.85. The molecule has 1 aromatic heterocycles. The molecule has 3 aromatic carbocycles. The van der Waals surface area contributed by atoms with Gasteiger partial charge in [-0.25, -0.2) is 4.98 Å². The van der Waals surface area contributed by atoms with Crippen molar-refractivity contribution in [1.82, 2.24) is 4.98 Å². The molecule has 0 radical (unpaired) electrons. The van der Waals surface area contributed by atoms with Gasteiger partial charge in [-0.2, -0.15) is 0 Å². The molecule has 4 rings (SSSR count). The summed E-state index contributed by atoms with van der Waals surface area (Å²) in [6, 6.07) is 30.1. The van der Waals surface area contributed by atoms with Gasteiger partial charge >= 0.3 is 0 Å². The van der Waals surface area contributed by atoms with Crippen molar-refractivity contribution in [2.75, 3.05) is 1.33 Å². The molecule has 0 bridgehead atoms. The molecule has 0 saturated carbocycles. The van der Waals surface area contributed by atoms with E-state index in [0.717, 1.165) is 22.5 Å². The Labute approximate surface area is 200 Å². The Bertz CT molecular complexity index is 1050. The summed E-state index contributed by atoms with van der Waals surface area (Å²) in [7, 11) is 0. The van der Waals surface area contributed by atoms with Gasteiger partial charge in [0.2, 0.25) is 0 Å². The number of nitrogens with zero attached hydrogens (tertiary/aromatic N) is 2. The predicted octanol–water partition coefficient (Wildman–Crippen LogP) is 8.21. The highest BCUT2D eigenvalue weighted by Crippen LogP contribution is 2.32. The quantitative estimate of drug-likeness (QED) is 0.173. The third-order valence-electron chi connectivity index (χ3n) is 4.92. The molecular formula is C25H20I2N2. The van der Waals surface area contributed by atoms with Crippen LogP contribution >= 0.6 is 45.7 Å². The second kappa shape index (κ2) is 8.83. The van der Waals surface area contributed by atoms with E-state index in [1.807, 2.05) is 0 Å². The molecule has 2 nitrogen and oxygen atoms in total. The number of benzene rings is 3. The number of halogens is 2. The Morgan fingerprint density at radius 2 is 0.966 bits per heavy atom. The van der Waals surface area contributed by atoms with Crippen molar-refractivity contribution >= 4 is 51.4 Å². The van der Waals surface area contributed by atoms with E-state index < -0.39 is 0 Å². The molecule has 0 N–H and O–H groups in total. The summed E-state index contributed by atoms with van der Waals surface area (Å²) < 4.78 is 2.06. The average Bonchev–Trinajstić information content (AvgIpc) is 2.74. The summed E-state index contributed by atoms with van der Waals surface area (Å²) in [4.78, 5) is 4.99. The Morgan fingerprint density at radius 1 is 0.552 bits per heavy atom. The van der Waals surface area contributed by atoms with Gasteiger partial charge in [0.1, 0.15) is 0 Å². The maximum Gasteiger partial charge on any atom is 0.0715 e. The minimum absolute atomic E-state index is 0.992. The van der Waals surface area contributed by atoms with Crippen molar-refractivity contribution in [1.29, 1.82) is 0 Å². The molecule has 0 aliphatic rings. The minimum atomic E-state index is 0.992. The van der Waals surface area contributed by atoms with Gasteiger partial charge in [-0.05, 0) is 49.2 Å². The monoisotopic (exact) mass is 602 g/mol. The van der Waals surface area contributed by atoms with E-state index in [2.05, 4.69) is 146 Å². The van der Waals surface area contributed by atoms with Gasteiger partial charge in [-0.15, -0.1) is 0 Å². The van der Waals surface area contributed by atoms with Crippen LogP contribution in [0.1, 0.15) is 11.1 Å². The first-order valence-corrected chi connectivity index (χ1v) is 11.3. The Kier molecular flexibility index (Phi) is 6.20. The summed E-state index contributed by atoms with van der Waals surface area (Å²) in [5, 5.41) is 0. The van der Waals surface area contributed by atoms with Crippen LogP contribution in [0.4, 0.5) is 5.69 Å². The largest absolute Gasteiger partial charge is 0.255 e. The van der Waals surface area contributed by atoms with Gasteiger partial charge in [0.15, 0.2) is 0 Å². The van der Waals surface area contributed by atoms with Crippen LogP contribution in [0.15, 0.2) is 84.9 Å². The molecule has 4 heteroatoms. The van der Waals surface area contributed by atoms with Crippen molar-refractivity contribution in [3.63, 3.8) is 0 Å². The fraction of sp³-hybridized carbons (Fsp3) is 0.0800. The SMILES string of the molecule is Cc1ccc(-c2cc(-c3ccc(N(I)I)cc3)cc(-c3ccc(C)cc3)n2)cc1. The summed E-state index contributed by atoms with van der Waals surface area (Å²) in [6.45, 7) is 4.22. The van der Waals surface area contributed by atoms with E-state index in [9.17, 15) is 0 Å². The highest BCUT2D eigenvalue weighted by Gasteiger charge is 2.10. The third kappa shape index (κ3) is 4.80. The van der Waals surface area contributed by atoms with Gasteiger partial charge in [0.25, 0.3) is 0 Å². The van der Waals surface area contributed by atoms with Crippen LogP contribution in [0.2, 0.25) is 0 Å². The van der Waals surface area contributed by atoms with Gasteiger partial charge in [-0.3, -0.25) is 1.33 Å². The first kappa shape index (κ1) is 20.3. The van der Waals surface area contributed by atoms with Gasteiger partial charge in [0.05, 0.1) is 62.8 Å². The predicted molar refractivity (Wildman–Crippen MR) is 141 cm³/mol. The molecule has 4 aromatic rings. The molecule has 0 saturated heterocycles. The maximum atomic E-state index is 4.99. The molecule has 0 aliphatic heterocycles. The van der Waals surface area contributed by atoms with Crippen molar-refractivity contribution in [2.45, 2.75) is 13.8 Å². The summed E-state index contributed by atoms with van der Waals surface area (Å²) in [5.74, 6) is 0. The zero-order valence-electron chi connectivity index (χ0n) is 16.2. The molecule has 29 heavy (non-hydrogen) atoms. The van der Waals surface area contributed by atoms with Crippen molar-refractivity contribution < 1.29 is 0 Å². The lowest BCUT2D eigenvalue weighted by molar-refractivity contribution is 1.31. The highest BCUT2D eigenvalue weighted by molar-refractivity contribution is 14.2. The van der Waals surface area contributed by atoms with Crippen molar-refractivity contribution in [3.8, 4) is 33.6 Å². The van der Waals surface area contributed by atoms with E-state index in [-0.39, 0.29) is 0 Å². The lowest BCUT2D eigenvalue weighted by atomic mass is 9.99. The molecule has 1 heterocycles. The maximum absolute atomic E-state index is 4.99. The number of aromatic nitrogens is 1. The molecular weight excluding hydrogens is 582 g/mol. The van der Waals surface area contributed by atoms with E-state index in [0.29, 0.717) is 0 Å². The van der Waals surface area contributed by atoms with Crippen LogP contribution in [-0.2, 0) is 0 Å². The number of rotatable bonds is 4. The molecule has 0 amide bonds. The first-order valence-electron chi connectivity index (χ1n) is 9.38. The van der Waals surface area contributed by atoms with Crippen LogP contribution in [0.5, 0.6) is 0 Å². The van der Waals surface area contributed by atoms with Crippen LogP contribution in [-0.4, -0.2) is 4.98 Å². The van der Waals surface area contributed by atoms with Gasteiger partial charge in [0, 0.05) is 11.1 Å². The van der Waals surface area contributed by atoms with E-state index >= 15 is 0 Å². The van der Waals surface area contributed by atoms with Crippen LogP contribution in [0.3, 0.4) is 0 Å². The topological polar surface area (TPSA) is 16.1 Å². The van der Waals surface area contributed by atoms with Gasteiger partial charge < -0.3 is 0 Å². The summed E-state index contributed by atoms with van der Waals surface area (Å²) in [6.07, 6.45) is 0. The summed E-state index contributed by atoms with van der Waals surface area (Å²) >= 11 is 4.55. The number of hydrogen-bond acceptors (Lipinski definition) is 2. The zero-order valence-corrected chi connectivity index (χ0v) is 20.5. The number of aryl methyl sites for hydroxylation is 2. The number of pyridine rings is 1. The molecule has 0 fully saturated rings. The second-order valence-corrected chi connectivity index (χ2v) is 10.9. The van der Waals surface area contributed by atoms with Crippen LogP contribution in [0.25, 0.3) is 33.6 Å². The number of anilines is 1. The van der Waals surface area contributed by atoms with E-state index in [1.54, 1.807) is 0 Å². The molecule has 0 aliphatic carbocycles. The lowest BCUT2D eigenvalue weighted by Gasteiger charge is -2.12. The van der Waals surface area contributed by atoms with Crippen molar-refractivity contribution in [3.05, 3.63) is 96.1 Å². The van der Waals surface area contributed by atoms with Crippen LogP contribution < -0.4 is 1.33 Å². The minimum Gasteiger partial charge on any atom is -0.255 e. The Balaban J connectivity index is 1.85. The second-order valence-electron chi connectivity index (χ2n) is 7.14. The van der Waals surface area contributed by atoms with Gasteiger partial charge in [-0.1, -0.05) is 71.8 Å². The first-order chi connectivity index (χ1) is 14.0. The standard InChI is InChI=1S/C25H20I2N2/c1-17-3-7-20(8-4-17)24-15-22(19-11-13-23(14-12-19)29(26)27)16-25(28-24)21-9-5-18(2)6-10-21/h3-16H,1-2H3. The average molecular weight is 602 g/mol. The lowest BCUT2D eigenvalue weighted by Crippen LogP contribution is -1.92. The highest BCUT2D eigenvalue weighted by atomic mass is 127. The fourth-order valence-electron chi connectivity index (χ4n) is 3.21. The van der Waals surface area contributed by atoms with Crippen LogP contribution in [0, 0.1) is 13.8 Å². The third-order valence-corrected chi connectivity index (χ3v) is 6.03. The normalized spacial score (nSPS) is 10.8. The number of hydrogen-bond donors (Lipinski definition) is 0. The molecule has 0 unspecified atom stereocenters. The van der Waals surface area contributed by atoms with E-state index in [1.165, 1.54) is 27.9 Å². The molecule has 0 spiro atoms. The Hall–Kier alpha value is -1.93. The van der Waals surface area contributed by atoms with Crippen molar-refractivity contribution in [2.24, 2.45) is 0 Å².